The summed E-state index contributed by atoms with van der Waals surface area (Å²) in [5.74, 6) is 0. The smallest absolute Gasteiger partial charge is 0.410 e. The molecule has 0 saturated carbocycles. The van der Waals surface area contributed by atoms with Gasteiger partial charge in [0.2, 0.25) is 0 Å². The largest absolute Gasteiger partial charge is 0.447 e. The van der Waals surface area contributed by atoms with Crippen LogP contribution < -0.4 is 0 Å². The van der Waals surface area contributed by atoms with Gasteiger partial charge in [-0.25, -0.2) is 4.79 Å². The summed E-state index contributed by atoms with van der Waals surface area (Å²) in [6.07, 6.45) is 0.324. The van der Waals surface area contributed by atoms with Gasteiger partial charge >= 0.3 is 6.09 Å². The second-order valence-electron chi connectivity index (χ2n) is 4.64. The molecule has 16 heavy (non-hydrogen) atoms. The Bertz CT molecular complexity index is 365. The van der Waals surface area contributed by atoms with Crippen LogP contribution in [0.1, 0.15) is 19.3 Å². The molecule has 3 aliphatic rings. The third-order valence-electron chi connectivity index (χ3n) is 3.84. The topological polar surface area (TPSA) is 70.0 Å². The molecule has 5 heteroatoms. The first-order valence-electron chi connectivity index (χ1n) is 5.70. The van der Waals surface area contributed by atoms with Gasteiger partial charge in [0.15, 0.2) is 0 Å². The van der Waals surface area contributed by atoms with Crippen LogP contribution in [0, 0.1) is 0 Å². The van der Waals surface area contributed by atoms with Gasteiger partial charge in [-0.3, -0.25) is 4.90 Å². The maximum Gasteiger partial charge on any atom is 0.410 e. The van der Waals surface area contributed by atoms with Gasteiger partial charge in [-0.2, -0.15) is 0 Å². The van der Waals surface area contributed by atoms with Crippen LogP contribution in [0.25, 0.3) is 0 Å². The van der Waals surface area contributed by atoms with Crippen molar-refractivity contribution in [1.29, 1.82) is 0 Å². The summed E-state index contributed by atoms with van der Waals surface area (Å²) < 4.78 is 5.02. The number of amides is 1. The Hall–Kier alpha value is -1.07. The highest BCUT2D eigenvalue weighted by Gasteiger charge is 2.43. The highest BCUT2D eigenvalue weighted by molar-refractivity contribution is 5.71. The Morgan fingerprint density at radius 1 is 1.25 bits per heavy atom. The summed E-state index contributed by atoms with van der Waals surface area (Å²) in [7, 11) is 0. The third-order valence-corrected chi connectivity index (χ3v) is 3.84. The summed E-state index contributed by atoms with van der Waals surface area (Å²) in [4.78, 5) is 13.1. The molecule has 3 atom stereocenters. The number of rotatable bonds is 0. The first-order valence-corrected chi connectivity index (χ1v) is 5.70. The van der Waals surface area contributed by atoms with Gasteiger partial charge in [0.05, 0.1) is 12.1 Å². The molecule has 1 aliphatic carbocycles. The lowest BCUT2D eigenvalue weighted by atomic mass is 9.80. The molecular weight excluding hydrogens is 210 g/mol. The van der Waals surface area contributed by atoms with Crippen molar-refractivity contribution in [3.63, 3.8) is 0 Å². The van der Waals surface area contributed by atoms with Gasteiger partial charge in [-0.1, -0.05) is 0 Å². The van der Waals surface area contributed by atoms with E-state index in [1.807, 2.05) is 0 Å². The maximum absolute atomic E-state index is 11.4. The molecule has 0 aromatic carbocycles. The van der Waals surface area contributed by atoms with Crippen LogP contribution in [0.3, 0.4) is 0 Å². The minimum atomic E-state index is -0.749. The second kappa shape index (κ2) is 3.46. The Morgan fingerprint density at radius 2 is 2.06 bits per heavy atom. The van der Waals surface area contributed by atoms with Crippen LogP contribution in [-0.2, 0) is 4.74 Å². The molecule has 1 amide bonds. The quantitative estimate of drug-likeness (QED) is 0.570. The van der Waals surface area contributed by atoms with E-state index in [-0.39, 0.29) is 12.1 Å². The summed E-state index contributed by atoms with van der Waals surface area (Å²) >= 11 is 0. The molecule has 0 aromatic rings. The Balaban J connectivity index is 1.95. The Labute approximate surface area is 93.3 Å². The molecule has 1 saturated heterocycles. The molecular formula is C11H15NO4. The van der Waals surface area contributed by atoms with Crippen LogP contribution in [0.15, 0.2) is 11.1 Å². The molecule has 88 valence electrons. The molecule has 0 radical (unpaired) electrons. The number of cyclic esters (lactones) is 1. The number of carbonyl (C=O) groups excluding carboxylic acids is 1. The molecule has 2 N–H and O–H groups in total. The van der Waals surface area contributed by atoms with E-state index >= 15 is 0 Å². The monoisotopic (exact) mass is 225 g/mol. The highest BCUT2D eigenvalue weighted by atomic mass is 16.6. The summed E-state index contributed by atoms with van der Waals surface area (Å²) in [5.41, 5.74) is 2.04. The minimum absolute atomic E-state index is 0.00148. The number of fused-ring (bicyclic) bond motifs is 2. The van der Waals surface area contributed by atoms with Crippen LogP contribution in [0.4, 0.5) is 4.79 Å². The van der Waals surface area contributed by atoms with Crippen molar-refractivity contribution in [3.05, 3.63) is 11.1 Å². The molecule has 5 nitrogen and oxygen atoms in total. The molecule has 3 rings (SSSR count). The van der Waals surface area contributed by atoms with Gasteiger partial charge in [0.1, 0.15) is 12.7 Å². The van der Waals surface area contributed by atoms with E-state index in [4.69, 9.17) is 4.74 Å². The first-order chi connectivity index (χ1) is 7.68. The number of nitrogens with zero attached hydrogens (tertiary/aromatic N) is 1. The maximum atomic E-state index is 11.4. The lowest BCUT2D eigenvalue weighted by molar-refractivity contribution is 0.0223. The van der Waals surface area contributed by atoms with Gasteiger partial charge in [0.25, 0.3) is 0 Å². The van der Waals surface area contributed by atoms with Crippen molar-refractivity contribution < 1.29 is 19.7 Å². The van der Waals surface area contributed by atoms with E-state index in [0.29, 0.717) is 26.0 Å². The zero-order valence-electron chi connectivity index (χ0n) is 8.93. The highest BCUT2D eigenvalue weighted by Crippen LogP contribution is 2.37. The number of hydrogen-bond acceptors (Lipinski definition) is 4. The van der Waals surface area contributed by atoms with Crippen molar-refractivity contribution in [2.45, 2.75) is 37.5 Å². The SMILES string of the molecule is O=C1OC[C@H]2C3=C(CCN12)[C@@H](O)[C@@H](O)CC3. The average molecular weight is 225 g/mol. The summed E-state index contributed by atoms with van der Waals surface area (Å²) in [5, 5.41) is 19.5. The molecule has 2 heterocycles. The van der Waals surface area contributed by atoms with Gasteiger partial charge in [-0.05, 0) is 30.4 Å². The van der Waals surface area contributed by atoms with E-state index in [1.165, 1.54) is 0 Å². The van der Waals surface area contributed by atoms with Gasteiger partial charge < -0.3 is 14.9 Å². The molecule has 0 aromatic heterocycles. The average Bonchev–Trinajstić information content (AvgIpc) is 2.66. The van der Waals surface area contributed by atoms with Crippen LogP contribution >= 0.6 is 0 Å². The first kappa shape index (κ1) is 10.1. The number of hydrogen-bond donors (Lipinski definition) is 2. The number of aliphatic hydroxyl groups excluding tert-OH is 2. The van der Waals surface area contributed by atoms with Crippen molar-refractivity contribution >= 4 is 6.09 Å². The lowest BCUT2D eigenvalue weighted by Crippen LogP contribution is -2.45. The minimum Gasteiger partial charge on any atom is -0.447 e. The molecule has 0 spiro atoms. The van der Waals surface area contributed by atoms with Crippen molar-refractivity contribution in [2.75, 3.05) is 13.2 Å². The fraction of sp³-hybridized carbons (Fsp3) is 0.727. The zero-order chi connectivity index (χ0) is 11.3. The number of carbonyl (C=O) groups is 1. The molecule has 1 fully saturated rings. The fourth-order valence-corrected chi connectivity index (χ4v) is 2.96. The lowest BCUT2D eigenvalue weighted by Gasteiger charge is -2.38. The molecule has 0 bridgehead atoms. The van der Waals surface area contributed by atoms with E-state index in [9.17, 15) is 15.0 Å². The third kappa shape index (κ3) is 1.28. The second-order valence-corrected chi connectivity index (χ2v) is 4.64. The predicted octanol–water partition coefficient (Wildman–Crippen LogP) is 0.0231. The number of ether oxygens (including phenoxy) is 1. The Kier molecular flexibility index (Phi) is 2.19. The zero-order valence-corrected chi connectivity index (χ0v) is 8.93. The van der Waals surface area contributed by atoms with E-state index in [0.717, 1.165) is 17.6 Å². The standard InChI is InChI=1S/C11H15NO4/c13-9-2-1-6-7(10(9)14)3-4-12-8(6)5-16-11(12)15/h8-10,13-14H,1-5H2/t8-,9-,10+/m0/s1. The van der Waals surface area contributed by atoms with E-state index in [2.05, 4.69) is 0 Å². The van der Waals surface area contributed by atoms with Crippen molar-refractivity contribution in [3.8, 4) is 0 Å². The van der Waals surface area contributed by atoms with Crippen molar-refractivity contribution in [1.82, 2.24) is 4.90 Å². The fourth-order valence-electron chi connectivity index (χ4n) is 2.96. The summed E-state index contributed by atoms with van der Waals surface area (Å²) in [6, 6.07) is -0.00148. The normalized spacial score (nSPS) is 38.2. The van der Waals surface area contributed by atoms with E-state index in [1.54, 1.807) is 4.90 Å². The van der Waals surface area contributed by atoms with Gasteiger partial charge in [-0.15, -0.1) is 0 Å². The molecule has 2 aliphatic heterocycles. The van der Waals surface area contributed by atoms with Crippen LogP contribution in [0.5, 0.6) is 0 Å². The predicted molar refractivity (Wildman–Crippen MR) is 54.7 cm³/mol. The summed E-state index contributed by atoms with van der Waals surface area (Å²) in [6.45, 7) is 0.979. The molecule has 0 unspecified atom stereocenters. The van der Waals surface area contributed by atoms with Gasteiger partial charge in [0, 0.05) is 6.54 Å². The van der Waals surface area contributed by atoms with Crippen molar-refractivity contribution in [2.24, 2.45) is 0 Å². The van der Waals surface area contributed by atoms with Crippen LogP contribution in [0.2, 0.25) is 0 Å². The number of aliphatic hydroxyl groups is 2. The Morgan fingerprint density at radius 3 is 2.88 bits per heavy atom. The van der Waals surface area contributed by atoms with Crippen LogP contribution in [-0.4, -0.2) is 52.6 Å². The van der Waals surface area contributed by atoms with E-state index < -0.39 is 12.2 Å².